The van der Waals surface area contributed by atoms with Crippen LogP contribution in [0.15, 0.2) is 24.3 Å². The Morgan fingerprint density at radius 1 is 1.19 bits per heavy atom. The number of benzene rings is 1. The molecule has 1 fully saturated rings. The summed E-state index contributed by atoms with van der Waals surface area (Å²) in [4.78, 5) is 7.18. The summed E-state index contributed by atoms with van der Waals surface area (Å²) in [5, 5.41) is 4.45. The molecule has 3 rings (SSSR count). The Balaban J connectivity index is 1.62. The van der Waals surface area contributed by atoms with Crippen LogP contribution in [0.4, 0.5) is 0 Å². The fourth-order valence-electron chi connectivity index (χ4n) is 2.98. The molecule has 0 bridgehead atoms. The first-order chi connectivity index (χ1) is 12.9. The van der Waals surface area contributed by atoms with Crippen molar-refractivity contribution in [1.29, 1.82) is 0 Å². The van der Waals surface area contributed by atoms with E-state index in [1.165, 1.54) is 0 Å². The average molecular weight is 387 g/mol. The van der Waals surface area contributed by atoms with E-state index in [1.807, 2.05) is 12.1 Å². The molecule has 1 aromatic carbocycles. The standard InChI is InChI=1S/C22H30N2O2S/c1-18-16-19-17-20(26-12-5-9-24-10-13-25-14-11-24)6-7-22(19)23-21(18)8-15-27(2,3)4/h6-7,16-17H,5,9-14H2,1-4H3. The summed E-state index contributed by atoms with van der Waals surface area (Å²) < 4.78 is 11.3. The van der Waals surface area contributed by atoms with E-state index >= 15 is 0 Å². The summed E-state index contributed by atoms with van der Waals surface area (Å²) in [6, 6.07) is 8.27. The summed E-state index contributed by atoms with van der Waals surface area (Å²) in [5.41, 5.74) is 2.96. The van der Waals surface area contributed by atoms with Gasteiger partial charge < -0.3 is 9.47 Å². The van der Waals surface area contributed by atoms with Gasteiger partial charge in [-0.05, 0) is 73.1 Å². The van der Waals surface area contributed by atoms with Crippen LogP contribution in [0.3, 0.4) is 0 Å². The molecule has 146 valence electrons. The van der Waals surface area contributed by atoms with E-state index in [9.17, 15) is 0 Å². The predicted octanol–water partition coefficient (Wildman–Crippen LogP) is 3.65. The second-order valence-electron chi connectivity index (χ2n) is 7.73. The third-order valence-corrected chi connectivity index (χ3v) is 5.16. The summed E-state index contributed by atoms with van der Waals surface area (Å²) in [5.74, 6) is 4.17. The van der Waals surface area contributed by atoms with Crippen LogP contribution in [0.5, 0.6) is 5.75 Å². The number of rotatable bonds is 5. The Morgan fingerprint density at radius 2 is 1.96 bits per heavy atom. The van der Waals surface area contributed by atoms with E-state index in [0.29, 0.717) is 0 Å². The molecule has 0 spiro atoms. The molecular formula is C22H30N2O2S. The lowest BCUT2D eigenvalue weighted by molar-refractivity contribution is 0.0358. The van der Waals surface area contributed by atoms with Crippen LogP contribution in [0.25, 0.3) is 10.9 Å². The van der Waals surface area contributed by atoms with E-state index < -0.39 is 10.0 Å². The second kappa shape index (κ2) is 8.97. The normalized spacial score (nSPS) is 16.0. The number of ether oxygens (including phenoxy) is 2. The maximum absolute atomic E-state index is 5.96. The van der Waals surface area contributed by atoms with Gasteiger partial charge in [0.15, 0.2) is 0 Å². The molecule has 1 saturated heterocycles. The molecule has 0 aliphatic carbocycles. The van der Waals surface area contributed by atoms with Crippen molar-refractivity contribution in [3.05, 3.63) is 35.5 Å². The molecule has 0 radical (unpaired) electrons. The topological polar surface area (TPSA) is 34.6 Å². The van der Waals surface area contributed by atoms with Crippen LogP contribution in [0.2, 0.25) is 0 Å². The van der Waals surface area contributed by atoms with Gasteiger partial charge in [-0.3, -0.25) is 4.90 Å². The predicted molar refractivity (Wildman–Crippen MR) is 116 cm³/mol. The minimum Gasteiger partial charge on any atom is -0.494 e. The van der Waals surface area contributed by atoms with Crippen LogP contribution in [0.1, 0.15) is 17.7 Å². The Bertz CT molecular complexity index is 843. The Kier molecular flexibility index (Phi) is 6.64. The highest BCUT2D eigenvalue weighted by molar-refractivity contribution is 8.35. The van der Waals surface area contributed by atoms with Gasteiger partial charge in [0.1, 0.15) is 11.4 Å². The molecule has 1 aromatic heterocycles. The number of aryl methyl sites for hydroxylation is 1. The summed E-state index contributed by atoms with van der Waals surface area (Å²) in [6.07, 6.45) is 7.61. The highest BCUT2D eigenvalue weighted by Crippen LogP contribution is 2.32. The molecule has 2 heterocycles. The number of fused-ring (bicyclic) bond motifs is 1. The number of morpholine rings is 1. The smallest absolute Gasteiger partial charge is 0.120 e. The summed E-state index contributed by atoms with van der Waals surface area (Å²) >= 11 is 0. The molecule has 0 atom stereocenters. The number of nitrogens with zero attached hydrogens (tertiary/aromatic N) is 2. The minimum atomic E-state index is -0.852. The van der Waals surface area contributed by atoms with Gasteiger partial charge in [-0.1, -0.05) is 0 Å². The van der Waals surface area contributed by atoms with Crippen LogP contribution in [-0.2, 0) is 4.74 Å². The SMILES string of the molecule is Cc1cc2cc(OCCCN3CCOCC3)ccc2nc1C#CS(C)(C)C. The largest absolute Gasteiger partial charge is 0.494 e. The monoisotopic (exact) mass is 386 g/mol. The van der Waals surface area contributed by atoms with Gasteiger partial charge in [0, 0.05) is 25.0 Å². The zero-order chi connectivity index (χ0) is 19.3. The van der Waals surface area contributed by atoms with Crippen molar-refractivity contribution < 1.29 is 9.47 Å². The van der Waals surface area contributed by atoms with Crippen molar-refractivity contribution in [3.63, 3.8) is 0 Å². The number of pyridine rings is 1. The zero-order valence-corrected chi connectivity index (χ0v) is 17.7. The molecule has 5 heteroatoms. The van der Waals surface area contributed by atoms with E-state index in [1.54, 1.807) is 0 Å². The molecule has 1 aliphatic heterocycles. The van der Waals surface area contributed by atoms with Crippen molar-refractivity contribution in [1.82, 2.24) is 9.88 Å². The molecule has 0 unspecified atom stereocenters. The van der Waals surface area contributed by atoms with Gasteiger partial charge in [0.2, 0.25) is 0 Å². The first-order valence-electron chi connectivity index (χ1n) is 9.46. The molecule has 27 heavy (non-hydrogen) atoms. The van der Waals surface area contributed by atoms with Crippen molar-refractivity contribution >= 4 is 20.9 Å². The van der Waals surface area contributed by atoms with Gasteiger partial charge >= 0.3 is 0 Å². The van der Waals surface area contributed by atoms with Crippen molar-refractivity contribution in [2.24, 2.45) is 0 Å². The lowest BCUT2D eigenvalue weighted by Crippen LogP contribution is -2.37. The minimum absolute atomic E-state index is 0.729. The molecule has 0 saturated carbocycles. The highest BCUT2D eigenvalue weighted by atomic mass is 32.3. The van der Waals surface area contributed by atoms with E-state index in [0.717, 1.165) is 73.8 Å². The van der Waals surface area contributed by atoms with Crippen LogP contribution < -0.4 is 4.74 Å². The fraction of sp³-hybridized carbons (Fsp3) is 0.500. The lowest BCUT2D eigenvalue weighted by Gasteiger charge is -2.26. The van der Waals surface area contributed by atoms with Gasteiger partial charge in [0.05, 0.1) is 25.3 Å². The Morgan fingerprint density at radius 3 is 2.70 bits per heavy atom. The maximum atomic E-state index is 5.96. The molecule has 0 N–H and O–H groups in total. The van der Waals surface area contributed by atoms with Crippen molar-refractivity contribution in [2.75, 3.05) is 58.2 Å². The zero-order valence-electron chi connectivity index (χ0n) is 16.9. The lowest BCUT2D eigenvalue weighted by atomic mass is 10.1. The highest BCUT2D eigenvalue weighted by Gasteiger charge is 2.09. The fourth-order valence-corrected chi connectivity index (χ4v) is 3.38. The molecule has 2 aromatic rings. The molecule has 1 aliphatic rings. The van der Waals surface area contributed by atoms with Gasteiger partial charge in [-0.2, -0.15) is 10.0 Å². The van der Waals surface area contributed by atoms with Crippen LogP contribution >= 0.6 is 10.0 Å². The first kappa shape index (κ1) is 20.0. The second-order valence-corrected chi connectivity index (χ2v) is 11.6. The maximum Gasteiger partial charge on any atom is 0.120 e. The average Bonchev–Trinajstić information content (AvgIpc) is 2.63. The van der Waals surface area contributed by atoms with E-state index in [2.05, 4.69) is 53.9 Å². The van der Waals surface area contributed by atoms with E-state index in [4.69, 9.17) is 14.5 Å². The van der Waals surface area contributed by atoms with Crippen molar-refractivity contribution in [2.45, 2.75) is 13.3 Å². The third kappa shape index (κ3) is 6.14. The molecule has 4 nitrogen and oxygen atoms in total. The number of aromatic nitrogens is 1. The number of hydrogen-bond donors (Lipinski definition) is 0. The van der Waals surface area contributed by atoms with Crippen LogP contribution in [-0.4, -0.2) is 68.1 Å². The van der Waals surface area contributed by atoms with E-state index in [-0.39, 0.29) is 0 Å². The Hall–Kier alpha value is -1.74. The number of hydrogen-bond acceptors (Lipinski definition) is 4. The Labute approximate surface area is 164 Å². The van der Waals surface area contributed by atoms with Gasteiger partial charge in [-0.15, -0.1) is 0 Å². The first-order valence-corrected chi connectivity index (χ1v) is 12.3. The molecular weight excluding hydrogens is 356 g/mol. The van der Waals surface area contributed by atoms with Crippen molar-refractivity contribution in [3.8, 4) is 16.9 Å². The van der Waals surface area contributed by atoms with Gasteiger partial charge in [0.25, 0.3) is 0 Å². The van der Waals surface area contributed by atoms with Crippen LogP contribution in [0, 0.1) is 18.1 Å². The third-order valence-electron chi connectivity index (χ3n) is 4.44. The quantitative estimate of drug-likeness (QED) is 0.580. The molecule has 0 amide bonds. The summed E-state index contributed by atoms with van der Waals surface area (Å²) in [6.45, 7) is 7.63. The summed E-state index contributed by atoms with van der Waals surface area (Å²) in [7, 11) is -0.852. The van der Waals surface area contributed by atoms with Gasteiger partial charge in [-0.25, -0.2) is 4.98 Å².